The van der Waals surface area contributed by atoms with Crippen LogP contribution >= 0.6 is 0 Å². The lowest BCUT2D eigenvalue weighted by Gasteiger charge is -2.07. The van der Waals surface area contributed by atoms with Crippen molar-refractivity contribution < 1.29 is 0 Å². The largest absolute Gasteiger partial charge is 0.384 e. The molecule has 1 aromatic carbocycles. The van der Waals surface area contributed by atoms with E-state index in [2.05, 4.69) is 17.0 Å². The highest BCUT2D eigenvalue weighted by molar-refractivity contribution is 5.87. The number of hydrogen-bond donors (Lipinski definition) is 1. The quantitative estimate of drug-likeness (QED) is 0.746. The number of aromatic nitrogens is 3. The summed E-state index contributed by atoms with van der Waals surface area (Å²) < 4.78 is 1.78. The van der Waals surface area contributed by atoms with Crippen molar-refractivity contribution in [3.63, 3.8) is 0 Å². The number of anilines is 1. The third-order valence-corrected chi connectivity index (χ3v) is 3.00. The number of nitrogens with zero attached hydrogens (tertiary/aromatic N) is 3. The molecule has 0 aliphatic heterocycles. The smallest absolute Gasteiger partial charge is 0.127 e. The summed E-state index contributed by atoms with van der Waals surface area (Å²) >= 11 is 0. The summed E-state index contributed by atoms with van der Waals surface area (Å²) in [6.45, 7) is 2.07. The molecular formula is C14H14N4. The lowest BCUT2D eigenvalue weighted by molar-refractivity contribution is 0.854. The van der Waals surface area contributed by atoms with Crippen LogP contribution in [-0.2, 0) is 6.42 Å². The number of hydrogen-bond acceptors (Lipinski definition) is 3. The monoisotopic (exact) mass is 238 g/mol. The fourth-order valence-corrected chi connectivity index (χ4v) is 2.08. The minimum Gasteiger partial charge on any atom is -0.384 e. The van der Waals surface area contributed by atoms with Gasteiger partial charge < -0.3 is 5.73 Å². The van der Waals surface area contributed by atoms with Crippen molar-refractivity contribution in [1.29, 1.82) is 0 Å². The SMILES string of the molecule is CCc1cc(N)n(-c2cccc3ncccc23)n1. The lowest BCUT2D eigenvalue weighted by Crippen LogP contribution is -2.02. The minimum atomic E-state index is 0.656. The summed E-state index contributed by atoms with van der Waals surface area (Å²) in [7, 11) is 0. The Labute approximate surface area is 105 Å². The van der Waals surface area contributed by atoms with E-state index in [0.29, 0.717) is 5.82 Å². The van der Waals surface area contributed by atoms with Gasteiger partial charge in [-0.05, 0) is 30.7 Å². The van der Waals surface area contributed by atoms with Gasteiger partial charge in [-0.1, -0.05) is 13.0 Å². The van der Waals surface area contributed by atoms with E-state index in [1.807, 2.05) is 36.4 Å². The van der Waals surface area contributed by atoms with E-state index in [1.54, 1.807) is 10.9 Å². The molecule has 0 unspecified atom stereocenters. The molecule has 0 fully saturated rings. The first-order chi connectivity index (χ1) is 8.79. The number of pyridine rings is 1. The fraction of sp³-hybridized carbons (Fsp3) is 0.143. The Kier molecular flexibility index (Phi) is 2.48. The van der Waals surface area contributed by atoms with Crippen LogP contribution in [-0.4, -0.2) is 14.8 Å². The van der Waals surface area contributed by atoms with Gasteiger partial charge in [0.05, 0.1) is 16.9 Å². The average Bonchev–Trinajstić information content (AvgIpc) is 2.79. The maximum absolute atomic E-state index is 6.02. The normalized spacial score (nSPS) is 10.9. The van der Waals surface area contributed by atoms with Gasteiger partial charge in [0, 0.05) is 17.6 Å². The third-order valence-electron chi connectivity index (χ3n) is 3.00. The van der Waals surface area contributed by atoms with Crippen LogP contribution in [0.5, 0.6) is 0 Å². The highest BCUT2D eigenvalue weighted by atomic mass is 15.3. The molecule has 90 valence electrons. The molecule has 2 N–H and O–H groups in total. The summed E-state index contributed by atoms with van der Waals surface area (Å²) in [5, 5.41) is 5.57. The second kappa shape index (κ2) is 4.14. The molecule has 2 aromatic heterocycles. The number of rotatable bonds is 2. The van der Waals surface area contributed by atoms with Gasteiger partial charge in [-0.3, -0.25) is 4.98 Å². The van der Waals surface area contributed by atoms with Gasteiger partial charge in [0.15, 0.2) is 0 Å². The standard InChI is InChI=1S/C14H14N4/c1-2-10-9-14(15)18(17-10)13-7-3-6-12-11(13)5-4-8-16-12/h3-9H,2,15H2,1H3. The first-order valence-corrected chi connectivity index (χ1v) is 5.98. The Morgan fingerprint density at radius 2 is 2.11 bits per heavy atom. The summed E-state index contributed by atoms with van der Waals surface area (Å²) in [5.74, 6) is 0.656. The van der Waals surface area contributed by atoms with E-state index in [1.165, 1.54) is 0 Å². The Hall–Kier alpha value is -2.36. The molecule has 0 aliphatic carbocycles. The minimum absolute atomic E-state index is 0.656. The van der Waals surface area contributed by atoms with Gasteiger partial charge >= 0.3 is 0 Å². The van der Waals surface area contributed by atoms with Gasteiger partial charge in [-0.2, -0.15) is 5.10 Å². The van der Waals surface area contributed by atoms with E-state index < -0.39 is 0 Å². The number of benzene rings is 1. The zero-order valence-electron chi connectivity index (χ0n) is 10.2. The predicted octanol–water partition coefficient (Wildman–Crippen LogP) is 2.57. The Bertz CT molecular complexity index is 695. The molecule has 3 rings (SSSR count). The van der Waals surface area contributed by atoms with Gasteiger partial charge in [-0.25, -0.2) is 4.68 Å². The van der Waals surface area contributed by atoms with Crippen molar-refractivity contribution in [1.82, 2.24) is 14.8 Å². The molecule has 0 spiro atoms. The second-order valence-corrected chi connectivity index (χ2v) is 4.17. The molecule has 0 radical (unpaired) electrons. The van der Waals surface area contributed by atoms with Gasteiger partial charge in [0.1, 0.15) is 5.82 Å². The average molecular weight is 238 g/mol. The van der Waals surface area contributed by atoms with Crippen LogP contribution in [0.3, 0.4) is 0 Å². The van der Waals surface area contributed by atoms with E-state index in [4.69, 9.17) is 5.73 Å². The number of nitrogens with two attached hydrogens (primary N) is 1. The molecule has 0 saturated heterocycles. The summed E-state index contributed by atoms with van der Waals surface area (Å²) in [6.07, 6.45) is 2.66. The molecule has 2 heterocycles. The van der Waals surface area contributed by atoms with Crippen molar-refractivity contribution in [2.75, 3.05) is 5.73 Å². The van der Waals surface area contributed by atoms with E-state index in [-0.39, 0.29) is 0 Å². The zero-order valence-corrected chi connectivity index (χ0v) is 10.2. The fourth-order valence-electron chi connectivity index (χ4n) is 2.08. The van der Waals surface area contributed by atoms with Crippen molar-refractivity contribution in [2.45, 2.75) is 13.3 Å². The molecule has 18 heavy (non-hydrogen) atoms. The van der Waals surface area contributed by atoms with Crippen molar-refractivity contribution >= 4 is 16.7 Å². The first kappa shape index (κ1) is 10.8. The Morgan fingerprint density at radius 3 is 2.89 bits per heavy atom. The van der Waals surface area contributed by atoms with Gasteiger partial charge in [-0.15, -0.1) is 0 Å². The highest BCUT2D eigenvalue weighted by Gasteiger charge is 2.09. The molecule has 0 aliphatic rings. The molecule has 3 aromatic rings. The molecule has 4 nitrogen and oxygen atoms in total. The molecule has 0 amide bonds. The molecule has 4 heteroatoms. The summed E-state index contributed by atoms with van der Waals surface area (Å²) in [6, 6.07) is 11.8. The predicted molar refractivity (Wildman–Crippen MR) is 72.7 cm³/mol. The Balaban J connectivity index is 2.27. The molecular weight excluding hydrogens is 224 g/mol. The summed E-state index contributed by atoms with van der Waals surface area (Å²) in [5.41, 5.74) is 8.93. The van der Waals surface area contributed by atoms with Crippen molar-refractivity contribution in [3.8, 4) is 5.69 Å². The number of nitrogen functional groups attached to an aromatic ring is 1. The van der Waals surface area contributed by atoms with Crippen LogP contribution < -0.4 is 5.73 Å². The number of fused-ring (bicyclic) bond motifs is 1. The van der Waals surface area contributed by atoms with E-state index in [9.17, 15) is 0 Å². The van der Waals surface area contributed by atoms with E-state index >= 15 is 0 Å². The summed E-state index contributed by atoms with van der Waals surface area (Å²) in [4.78, 5) is 4.34. The molecule has 0 bridgehead atoms. The number of aryl methyl sites for hydroxylation is 1. The van der Waals surface area contributed by atoms with Gasteiger partial charge in [0.25, 0.3) is 0 Å². The second-order valence-electron chi connectivity index (χ2n) is 4.17. The first-order valence-electron chi connectivity index (χ1n) is 5.98. The molecule has 0 saturated carbocycles. The molecule has 0 atom stereocenters. The topological polar surface area (TPSA) is 56.7 Å². The zero-order chi connectivity index (χ0) is 12.5. The highest BCUT2D eigenvalue weighted by Crippen LogP contribution is 2.22. The van der Waals surface area contributed by atoms with E-state index in [0.717, 1.165) is 28.7 Å². The Morgan fingerprint density at radius 1 is 1.22 bits per heavy atom. The van der Waals surface area contributed by atoms with Crippen LogP contribution in [0.15, 0.2) is 42.6 Å². The van der Waals surface area contributed by atoms with Gasteiger partial charge in [0.2, 0.25) is 0 Å². The van der Waals surface area contributed by atoms with Crippen LogP contribution in [0, 0.1) is 0 Å². The maximum Gasteiger partial charge on any atom is 0.127 e. The maximum atomic E-state index is 6.02. The third kappa shape index (κ3) is 1.62. The van der Waals surface area contributed by atoms with Crippen LogP contribution in [0.25, 0.3) is 16.6 Å². The lowest BCUT2D eigenvalue weighted by atomic mass is 10.2. The van der Waals surface area contributed by atoms with Crippen LogP contribution in [0.1, 0.15) is 12.6 Å². The van der Waals surface area contributed by atoms with Crippen molar-refractivity contribution in [2.24, 2.45) is 0 Å². The van der Waals surface area contributed by atoms with Crippen LogP contribution in [0.2, 0.25) is 0 Å². The van der Waals surface area contributed by atoms with Crippen LogP contribution in [0.4, 0.5) is 5.82 Å². The van der Waals surface area contributed by atoms with Crippen molar-refractivity contribution in [3.05, 3.63) is 48.3 Å².